The van der Waals surface area contributed by atoms with Crippen LogP contribution in [-0.2, 0) is 16.0 Å². The first kappa shape index (κ1) is 19.9. The number of ether oxygens (including phenoxy) is 1. The standard InChI is InChI=1S/C21H25FN4O2/c1-28-21(27)9-8-17-13-24-20(14-23-17)25-18-6-4-11-26(15-18)12-10-16-5-2-3-7-19(16)22/h2-3,5,7-9,13-14,18H,4,6,10-12,15H2,1H3,(H,24,25)/t18-/m1/s1. The van der Waals surface area contributed by atoms with Crippen LogP contribution in [0.2, 0.25) is 0 Å². The van der Waals surface area contributed by atoms with Crippen molar-refractivity contribution in [3.8, 4) is 0 Å². The molecule has 3 rings (SSSR count). The smallest absolute Gasteiger partial charge is 0.330 e. The number of nitrogens with one attached hydrogen (secondary N) is 1. The minimum absolute atomic E-state index is 0.134. The van der Waals surface area contributed by atoms with Crippen LogP contribution in [0.5, 0.6) is 0 Å². The van der Waals surface area contributed by atoms with Crippen LogP contribution in [0, 0.1) is 5.82 Å². The SMILES string of the molecule is COC(=O)C=Cc1cnc(N[C@@H]2CCCN(CCc3ccccc3F)C2)cn1. The molecule has 0 saturated carbocycles. The van der Waals surface area contributed by atoms with Crippen molar-refractivity contribution in [3.63, 3.8) is 0 Å². The van der Waals surface area contributed by atoms with E-state index in [1.807, 2.05) is 12.1 Å². The summed E-state index contributed by atoms with van der Waals surface area (Å²) in [5, 5.41) is 3.42. The number of benzene rings is 1. The van der Waals surface area contributed by atoms with Gasteiger partial charge in [-0.05, 0) is 43.5 Å². The Labute approximate surface area is 164 Å². The van der Waals surface area contributed by atoms with Crippen LogP contribution in [0.25, 0.3) is 6.08 Å². The topological polar surface area (TPSA) is 67.3 Å². The number of piperidine rings is 1. The van der Waals surface area contributed by atoms with E-state index in [-0.39, 0.29) is 11.9 Å². The number of carbonyl (C=O) groups excluding carboxylic acids is 1. The molecule has 1 aliphatic rings. The van der Waals surface area contributed by atoms with Crippen LogP contribution in [-0.4, -0.2) is 53.6 Å². The fraction of sp³-hybridized carbons (Fsp3) is 0.381. The van der Waals surface area contributed by atoms with Crippen molar-refractivity contribution in [1.29, 1.82) is 0 Å². The molecular weight excluding hydrogens is 359 g/mol. The van der Waals surface area contributed by atoms with Gasteiger partial charge in [0.15, 0.2) is 0 Å². The van der Waals surface area contributed by atoms with Crippen LogP contribution in [0.4, 0.5) is 10.2 Å². The lowest BCUT2D eigenvalue weighted by atomic mass is 10.0. The summed E-state index contributed by atoms with van der Waals surface area (Å²) in [4.78, 5) is 22.1. The molecule has 2 heterocycles. The molecule has 7 heteroatoms. The van der Waals surface area contributed by atoms with Crippen molar-refractivity contribution < 1.29 is 13.9 Å². The van der Waals surface area contributed by atoms with Crippen molar-refractivity contribution >= 4 is 17.9 Å². The van der Waals surface area contributed by atoms with E-state index in [1.165, 1.54) is 19.3 Å². The minimum Gasteiger partial charge on any atom is -0.466 e. The highest BCUT2D eigenvalue weighted by Crippen LogP contribution is 2.16. The third kappa shape index (κ3) is 5.85. The molecule has 2 aromatic rings. The van der Waals surface area contributed by atoms with Gasteiger partial charge in [0.25, 0.3) is 0 Å². The number of hydrogen-bond donors (Lipinski definition) is 1. The summed E-state index contributed by atoms with van der Waals surface area (Å²) in [7, 11) is 1.33. The molecule has 1 aromatic carbocycles. The van der Waals surface area contributed by atoms with Gasteiger partial charge in [-0.25, -0.2) is 14.2 Å². The lowest BCUT2D eigenvalue weighted by Crippen LogP contribution is -2.43. The van der Waals surface area contributed by atoms with Gasteiger partial charge in [0, 0.05) is 25.2 Å². The maximum Gasteiger partial charge on any atom is 0.330 e. The number of likely N-dealkylation sites (tertiary alicyclic amines) is 1. The number of aromatic nitrogens is 2. The molecule has 0 bridgehead atoms. The maximum atomic E-state index is 13.8. The van der Waals surface area contributed by atoms with Gasteiger partial charge in [0.2, 0.25) is 0 Å². The Balaban J connectivity index is 1.50. The number of esters is 1. The summed E-state index contributed by atoms with van der Waals surface area (Å²) in [5.41, 5.74) is 1.35. The van der Waals surface area contributed by atoms with E-state index in [0.29, 0.717) is 17.9 Å². The number of methoxy groups -OCH3 is 1. The number of hydrogen-bond acceptors (Lipinski definition) is 6. The summed E-state index contributed by atoms with van der Waals surface area (Å²) >= 11 is 0. The van der Waals surface area contributed by atoms with E-state index in [2.05, 4.69) is 24.9 Å². The van der Waals surface area contributed by atoms with Crippen molar-refractivity contribution in [2.45, 2.75) is 25.3 Å². The molecule has 6 nitrogen and oxygen atoms in total. The second-order valence-electron chi connectivity index (χ2n) is 6.81. The first-order chi connectivity index (χ1) is 13.6. The van der Waals surface area contributed by atoms with Crippen LogP contribution < -0.4 is 5.32 Å². The van der Waals surface area contributed by atoms with Gasteiger partial charge in [-0.2, -0.15) is 0 Å². The Morgan fingerprint density at radius 3 is 2.96 bits per heavy atom. The summed E-state index contributed by atoms with van der Waals surface area (Å²) in [6.07, 6.45) is 9.00. The first-order valence-electron chi connectivity index (χ1n) is 9.44. The van der Waals surface area contributed by atoms with Gasteiger partial charge in [-0.1, -0.05) is 18.2 Å². The van der Waals surface area contributed by atoms with Gasteiger partial charge < -0.3 is 15.0 Å². The van der Waals surface area contributed by atoms with Crippen molar-refractivity contribution in [3.05, 3.63) is 59.8 Å². The van der Waals surface area contributed by atoms with E-state index >= 15 is 0 Å². The summed E-state index contributed by atoms with van der Waals surface area (Å²) in [5.74, 6) is 0.142. The maximum absolute atomic E-state index is 13.8. The lowest BCUT2D eigenvalue weighted by molar-refractivity contribution is -0.134. The summed E-state index contributed by atoms with van der Waals surface area (Å²) in [6, 6.07) is 7.23. The second-order valence-corrected chi connectivity index (χ2v) is 6.81. The number of rotatable bonds is 7. The molecule has 1 atom stereocenters. The Kier molecular flexibility index (Phi) is 7.08. The molecule has 1 aromatic heterocycles. The molecule has 1 saturated heterocycles. The van der Waals surface area contributed by atoms with Crippen LogP contribution in [0.15, 0.2) is 42.7 Å². The Morgan fingerprint density at radius 2 is 2.21 bits per heavy atom. The number of anilines is 1. The normalized spacial score (nSPS) is 17.6. The zero-order chi connectivity index (χ0) is 19.8. The molecule has 148 valence electrons. The van der Waals surface area contributed by atoms with Gasteiger partial charge in [0.05, 0.1) is 25.2 Å². The average Bonchev–Trinajstić information content (AvgIpc) is 2.73. The van der Waals surface area contributed by atoms with E-state index in [0.717, 1.165) is 38.0 Å². The van der Waals surface area contributed by atoms with E-state index in [4.69, 9.17) is 0 Å². The highest BCUT2D eigenvalue weighted by atomic mass is 19.1. The van der Waals surface area contributed by atoms with Crippen molar-refractivity contribution in [1.82, 2.24) is 14.9 Å². The number of nitrogens with zero attached hydrogens (tertiary/aromatic N) is 3. The van der Waals surface area contributed by atoms with Crippen LogP contribution >= 0.6 is 0 Å². The Bertz CT molecular complexity index is 810. The van der Waals surface area contributed by atoms with E-state index in [1.54, 1.807) is 24.5 Å². The molecule has 0 radical (unpaired) electrons. The highest BCUT2D eigenvalue weighted by molar-refractivity contribution is 5.86. The third-order valence-corrected chi connectivity index (χ3v) is 4.78. The summed E-state index contributed by atoms with van der Waals surface area (Å²) in [6.45, 7) is 2.75. The monoisotopic (exact) mass is 384 g/mol. The van der Waals surface area contributed by atoms with Gasteiger partial charge in [-0.3, -0.25) is 4.98 Å². The molecule has 28 heavy (non-hydrogen) atoms. The predicted octanol–water partition coefficient (Wildman–Crippen LogP) is 2.92. The molecule has 1 fully saturated rings. The fourth-order valence-corrected chi connectivity index (χ4v) is 3.29. The highest BCUT2D eigenvalue weighted by Gasteiger charge is 2.20. The molecule has 0 aliphatic carbocycles. The van der Waals surface area contributed by atoms with E-state index in [9.17, 15) is 9.18 Å². The summed E-state index contributed by atoms with van der Waals surface area (Å²) < 4.78 is 18.3. The van der Waals surface area contributed by atoms with Crippen molar-refractivity contribution in [2.75, 3.05) is 32.1 Å². The van der Waals surface area contributed by atoms with Gasteiger partial charge in [0.1, 0.15) is 11.6 Å². The molecule has 0 amide bonds. The quantitative estimate of drug-likeness (QED) is 0.585. The molecule has 1 aliphatic heterocycles. The van der Waals surface area contributed by atoms with Gasteiger partial charge in [-0.15, -0.1) is 0 Å². The number of carbonyl (C=O) groups is 1. The fourth-order valence-electron chi connectivity index (χ4n) is 3.29. The lowest BCUT2D eigenvalue weighted by Gasteiger charge is -2.33. The Morgan fingerprint density at radius 1 is 1.36 bits per heavy atom. The average molecular weight is 384 g/mol. The molecule has 0 spiro atoms. The second kappa shape index (κ2) is 9.94. The molecule has 0 unspecified atom stereocenters. The van der Waals surface area contributed by atoms with E-state index < -0.39 is 5.97 Å². The first-order valence-corrected chi connectivity index (χ1v) is 9.44. The predicted molar refractivity (Wildman–Crippen MR) is 106 cm³/mol. The zero-order valence-electron chi connectivity index (χ0n) is 16.0. The largest absolute Gasteiger partial charge is 0.466 e. The number of halogens is 1. The van der Waals surface area contributed by atoms with Crippen LogP contribution in [0.3, 0.4) is 0 Å². The van der Waals surface area contributed by atoms with Crippen LogP contribution in [0.1, 0.15) is 24.1 Å². The Hall–Kier alpha value is -2.80. The zero-order valence-corrected chi connectivity index (χ0v) is 16.0. The van der Waals surface area contributed by atoms with Gasteiger partial charge >= 0.3 is 5.97 Å². The molecular formula is C21H25FN4O2. The third-order valence-electron chi connectivity index (χ3n) is 4.78. The van der Waals surface area contributed by atoms with Crippen molar-refractivity contribution in [2.24, 2.45) is 0 Å². The molecule has 1 N–H and O–H groups in total. The minimum atomic E-state index is -0.429.